The van der Waals surface area contributed by atoms with E-state index in [2.05, 4.69) is 10.6 Å². The fourth-order valence-corrected chi connectivity index (χ4v) is 4.45. The molecule has 192 valence electrons. The number of nitrogens with zero attached hydrogens (tertiary/aromatic N) is 1. The average Bonchev–Trinajstić information content (AvgIpc) is 2.90. The lowest BCUT2D eigenvalue weighted by Crippen LogP contribution is -2.54. The number of aliphatic carboxylic acids is 2. The number of amides is 1. The van der Waals surface area contributed by atoms with Crippen LogP contribution in [0, 0.1) is 5.92 Å². The molecule has 0 radical (unpaired) electrons. The quantitative estimate of drug-likeness (QED) is 0.306. The molecule has 0 saturated carbocycles. The number of rotatable bonds is 11. The second-order valence-corrected chi connectivity index (χ2v) is 8.51. The topological polar surface area (TPSA) is 191 Å². The van der Waals surface area contributed by atoms with E-state index in [-0.39, 0.29) is 17.6 Å². The number of anilines is 1. The second kappa shape index (κ2) is 14.6. The van der Waals surface area contributed by atoms with Gasteiger partial charge in [0.25, 0.3) is 0 Å². The lowest BCUT2D eigenvalue weighted by Gasteiger charge is -2.26. The number of ether oxygens (including phenoxy) is 1. The number of carbonyl (C=O) groups is 3. The summed E-state index contributed by atoms with van der Waals surface area (Å²) in [6.45, 7) is 2.06. The second-order valence-electron chi connectivity index (χ2n) is 8.51. The van der Waals surface area contributed by atoms with E-state index in [4.69, 9.17) is 4.74 Å². The summed E-state index contributed by atoms with van der Waals surface area (Å²) in [4.78, 5) is 37.5. The summed E-state index contributed by atoms with van der Waals surface area (Å²) < 4.78 is 5.63. The van der Waals surface area contributed by atoms with Crippen molar-refractivity contribution in [2.24, 2.45) is 5.92 Å². The Balaban J connectivity index is 0.00000289. The molecule has 0 aromatic heterocycles. The van der Waals surface area contributed by atoms with E-state index in [1.54, 1.807) is 12.1 Å². The molecule has 2 heterocycles. The number of hydrogen-bond acceptors (Lipinski definition) is 6. The van der Waals surface area contributed by atoms with Gasteiger partial charge in [-0.1, -0.05) is 18.2 Å². The summed E-state index contributed by atoms with van der Waals surface area (Å²) in [5, 5.41) is 25.2. The summed E-state index contributed by atoms with van der Waals surface area (Å²) in [6, 6.07) is 5.33. The Morgan fingerprint density at radius 2 is 1.85 bits per heavy atom. The zero-order valence-corrected chi connectivity index (χ0v) is 19.3. The van der Waals surface area contributed by atoms with Crippen LogP contribution in [0.25, 0.3) is 0 Å². The van der Waals surface area contributed by atoms with E-state index in [0.717, 1.165) is 31.5 Å². The van der Waals surface area contributed by atoms with Gasteiger partial charge >= 0.3 is 11.9 Å². The van der Waals surface area contributed by atoms with E-state index >= 15 is 0 Å². The third kappa shape index (κ3) is 8.33. The van der Waals surface area contributed by atoms with Crippen molar-refractivity contribution in [1.29, 1.82) is 0 Å². The van der Waals surface area contributed by atoms with Gasteiger partial charge in [0.05, 0.1) is 12.6 Å². The number of fused-ring (bicyclic) bond motifs is 1. The summed E-state index contributed by atoms with van der Waals surface area (Å²) in [5.41, 5.74) is 1.43. The molecule has 34 heavy (non-hydrogen) atoms. The van der Waals surface area contributed by atoms with Crippen molar-refractivity contribution in [1.82, 2.24) is 10.6 Å². The first-order valence-corrected chi connectivity index (χ1v) is 11.3. The Labute approximate surface area is 199 Å². The highest BCUT2D eigenvalue weighted by atomic mass is 16.5. The molecule has 2 atom stereocenters. The summed E-state index contributed by atoms with van der Waals surface area (Å²) >= 11 is 0. The van der Waals surface area contributed by atoms with Crippen LogP contribution in [0.3, 0.4) is 0 Å². The molecule has 1 aromatic carbocycles. The van der Waals surface area contributed by atoms with Gasteiger partial charge in [-0.15, -0.1) is 0 Å². The molecule has 2 aliphatic heterocycles. The van der Waals surface area contributed by atoms with Gasteiger partial charge in [-0.3, -0.25) is 24.6 Å². The van der Waals surface area contributed by atoms with E-state index < -0.39 is 36.5 Å². The van der Waals surface area contributed by atoms with Gasteiger partial charge in [-0.05, 0) is 69.2 Å². The van der Waals surface area contributed by atoms with Gasteiger partial charge < -0.3 is 31.2 Å². The standard InChI is InChI=1S/C23H33N3O6.2H2O/c27-21(28)14-26-20-6-2-1-5-17(20)7-8-18(22(26)29)25-19(23(30)31)15-32-13-3-4-16-9-11-24-12-10-16;;/h1-2,5-6,16,18-19,24-25H,3-4,7-15H2,(H,27,28)(H,30,31);2*1H2/t18-,19-;;/m0../s1. The molecular formula is C23H37N3O8. The lowest BCUT2D eigenvalue weighted by atomic mass is 9.93. The minimum absolute atomic E-state index is 0. The maximum absolute atomic E-state index is 13.1. The number of benzene rings is 1. The van der Waals surface area contributed by atoms with Crippen molar-refractivity contribution in [3.05, 3.63) is 29.8 Å². The number of aryl methyl sites for hydroxylation is 1. The molecule has 1 amide bonds. The smallest absolute Gasteiger partial charge is 0.323 e. The van der Waals surface area contributed by atoms with Crippen LogP contribution in [0.1, 0.15) is 37.7 Å². The number of hydrogen-bond donors (Lipinski definition) is 4. The summed E-state index contributed by atoms with van der Waals surface area (Å²) in [5.74, 6) is -1.96. The van der Waals surface area contributed by atoms with Crippen LogP contribution < -0.4 is 15.5 Å². The maximum atomic E-state index is 13.1. The Kier molecular flexibility index (Phi) is 12.7. The monoisotopic (exact) mass is 483 g/mol. The van der Waals surface area contributed by atoms with Crippen LogP contribution in [0.2, 0.25) is 0 Å². The van der Waals surface area contributed by atoms with Gasteiger partial charge in [0.2, 0.25) is 5.91 Å². The van der Waals surface area contributed by atoms with Crippen LogP contribution in [0.4, 0.5) is 5.69 Å². The molecule has 1 aromatic rings. The Bertz CT molecular complexity index is 800. The SMILES string of the molecule is O.O.O=C(O)CN1C(=O)[C@@H](N[C@@H](COCCCC2CCNCC2)C(=O)O)CCc2ccccc21. The molecule has 0 unspecified atom stereocenters. The first-order chi connectivity index (χ1) is 15.5. The van der Waals surface area contributed by atoms with Crippen molar-refractivity contribution in [3.8, 4) is 0 Å². The van der Waals surface area contributed by atoms with Crippen LogP contribution in [0.15, 0.2) is 24.3 Å². The van der Waals surface area contributed by atoms with E-state index in [1.165, 1.54) is 17.7 Å². The number of carbonyl (C=O) groups excluding carboxylic acids is 1. The molecular weight excluding hydrogens is 446 g/mol. The van der Waals surface area contributed by atoms with Gasteiger partial charge in [0, 0.05) is 12.3 Å². The third-order valence-electron chi connectivity index (χ3n) is 6.19. The number of carboxylic acids is 2. The maximum Gasteiger partial charge on any atom is 0.323 e. The highest BCUT2D eigenvalue weighted by Crippen LogP contribution is 2.27. The van der Waals surface area contributed by atoms with E-state index in [9.17, 15) is 24.6 Å². The highest BCUT2D eigenvalue weighted by Gasteiger charge is 2.34. The number of nitrogens with one attached hydrogen (secondary N) is 2. The van der Waals surface area contributed by atoms with Crippen molar-refractivity contribution < 1.29 is 40.3 Å². The molecule has 1 saturated heterocycles. The first-order valence-electron chi connectivity index (χ1n) is 11.3. The van der Waals surface area contributed by atoms with Gasteiger partial charge in [-0.25, -0.2) is 0 Å². The minimum Gasteiger partial charge on any atom is -0.480 e. The fraction of sp³-hybridized carbons (Fsp3) is 0.609. The zero-order valence-electron chi connectivity index (χ0n) is 19.3. The number of piperidine rings is 1. The molecule has 3 rings (SSSR count). The van der Waals surface area contributed by atoms with E-state index in [0.29, 0.717) is 31.1 Å². The van der Waals surface area contributed by atoms with Gasteiger partial charge in [-0.2, -0.15) is 0 Å². The normalized spacial score (nSPS) is 19.2. The Morgan fingerprint density at radius 3 is 2.53 bits per heavy atom. The van der Waals surface area contributed by atoms with Crippen LogP contribution >= 0.6 is 0 Å². The van der Waals surface area contributed by atoms with Crippen molar-refractivity contribution in [2.45, 2.75) is 50.6 Å². The van der Waals surface area contributed by atoms with Crippen LogP contribution in [-0.2, 0) is 25.5 Å². The highest BCUT2D eigenvalue weighted by molar-refractivity contribution is 6.02. The Hall–Kier alpha value is -2.57. The van der Waals surface area contributed by atoms with Crippen LogP contribution in [-0.4, -0.2) is 83.9 Å². The summed E-state index contributed by atoms with van der Waals surface area (Å²) in [6.07, 6.45) is 5.19. The van der Waals surface area contributed by atoms with E-state index in [1.807, 2.05) is 12.1 Å². The molecule has 11 nitrogen and oxygen atoms in total. The van der Waals surface area contributed by atoms with Crippen molar-refractivity contribution in [3.63, 3.8) is 0 Å². The van der Waals surface area contributed by atoms with Crippen molar-refractivity contribution in [2.75, 3.05) is 37.7 Å². The molecule has 0 spiro atoms. The zero-order chi connectivity index (χ0) is 22.9. The lowest BCUT2D eigenvalue weighted by molar-refractivity contribution is -0.142. The van der Waals surface area contributed by atoms with Crippen LogP contribution in [0.5, 0.6) is 0 Å². The van der Waals surface area contributed by atoms with Gasteiger partial charge in [0.15, 0.2) is 0 Å². The number of carboxylic acid groups (broad SMARTS) is 2. The molecule has 0 bridgehead atoms. The molecule has 11 heteroatoms. The predicted molar refractivity (Wildman–Crippen MR) is 126 cm³/mol. The predicted octanol–water partition coefficient (Wildman–Crippen LogP) is -0.391. The number of para-hydroxylation sites is 1. The average molecular weight is 484 g/mol. The first kappa shape index (κ1) is 29.5. The third-order valence-corrected chi connectivity index (χ3v) is 6.19. The largest absolute Gasteiger partial charge is 0.480 e. The molecule has 2 aliphatic rings. The minimum atomic E-state index is -1.12. The Morgan fingerprint density at radius 1 is 1.15 bits per heavy atom. The molecule has 8 N–H and O–H groups in total. The van der Waals surface area contributed by atoms with Crippen molar-refractivity contribution >= 4 is 23.5 Å². The molecule has 0 aliphatic carbocycles. The fourth-order valence-electron chi connectivity index (χ4n) is 4.45. The summed E-state index contributed by atoms with van der Waals surface area (Å²) in [7, 11) is 0. The molecule has 1 fully saturated rings. The van der Waals surface area contributed by atoms with Gasteiger partial charge in [0.1, 0.15) is 12.6 Å².